The van der Waals surface area contributed by atoms with Crippen molar-refractivity contribution >= 4 is 23.1 Å². The highest BCUT2D eigenvalue weighted by Gasteiger charge is 2.19. The van der Waals surface area contributed by atoms with Gasteiger partial charge in [-0.15, -0.1) is 0 Å². The van der Waals surface area contributed by atoms with Gasteiger partial charge >= 0.3 is 0 Å². The van der Waals surface area contributed by atoms with Gasteiger partial charge in [0.2, 0.25) is 0 Å². The summed E-state index contributed by atoms with van der Waals surface area (Å²) in [6, 6.07) is 3.44. The number of aromatic nitrogens is 1. The van der Waals surface area contributed by atoms with Crippen molar-refractivity contribution < 1.29 is 4.42 Å². The maximum atomic E-state index is 5.84. The van der Waals surface area contributed by atoms with Gasteiger partial charge < -0.3 is 4.42 Å². The molecule has 0 amide bonds. The summed E-state index contributed by atoms with van der Waals surface area (Å²) in [7, 11) is 0. The van der Waals surface area contributed by atoms with Gasteiger partial charge in [0.15, 0.2) is 5.22 Å². The predicted molar refractivity (Wildman–Crippen MR) is 55.0 cm³/mol. The van der Waals surface area contributed by atoms with Crippen molar-refractivity contribution in [3.63, 3.8) is 0 Å². The summed E-state index contributed by atoms with van der Waals surface area (Å²) in [4.78, 5) is 0. The molecule has 2 aromatic heterocycles. The lowest BCUT2D eigenvalue weighted by Crippen LogP contribution is -2.28. The Morgan fingerprint density at radius 1 is 1.57 bits per heavy atom. The van der Waals surface area contributed by atoms with Crippen LogP contribution in [0.4, 0.5) is 0 Å². The monoisotopic (exact) mass is 229 g/mol. The van der Waals surface area contributed by atoms with Gasteiger partial charge in [-0.25, -0.2) is 5.43 Å². The van der Waals surface area contributed by atoms with Crippen molar-refractivity contribution in [2.24, 2.45) is 5.84 Å². The summed E-state index contributed by atoms with van der Waals surface area (Å²) < 4.78 is 9.17. The van der Waals surface area contributed by atoms with E-state index < -0.39 is 0 Å². The topological polar surface area (TPSA) is 64.1 Å². The maximum Gasteiger partial charge on any atom is 0.198 e. The largest absolute Gasteiger partial charge is 0.453 e. The zero-order valence-electron chi connectivity index (χ0n) is 7.11. The first-order chi connectivity index (χ1) is 6.83. The molecule has 0 aromatic carbocycles. The van der Waals surface area contributed by atoms with E-state index in [1.807, 2.05) is 11.4 Å². The van der Waals surface area contributed by atoms with Crippen LogP contribution >= 0.6 is 23.1 Å². The Balaban J connectivity index is 2.36. The van der Waals surface area contributed by atoms with Crippen LogP contribution in [0.25, 0.3) is 0 Å². The summed E-state index contributed by atoms with van der Waals surface area (Å²) in [6.45, 7) is 0. The smallest absolute Gasteiger partial charge is 0.198 e. The molecule has 14 heavy (non-hydrogen) atoms. The molecule has 0 aliphatic heterocycles. The first kappa shape index (κ1) is 9.67. The predicted octanol–water partition coefficient (Wildman–Crippen LogP) is 1.94. The fourth-order valence-corrected chi connectivity index (χ4v) is 1.99. The molecule has 2 heterocycles. The lowest BCUT2D eigenvalue weighted by atomic mass is 10.1. The average molecular weight is 230 g/mol. The summed E-state index contributed by atoms with van der Waals surface area (Å²) in [6.07, 6.45) is 1.52. The van der Waals surface area contributed by atoms with E-state index in [1.165, 1.54) is 17.8 Å². The Bertz CT molecular complexity index is 400. The van der Waals surface area contributed by atoms with E-state index in [0.29, 0.717) is 5.22 Å². The standard InChI is InChI=1S/C8H8ClN3OS/c9-8-5(1-3-13-8)7(11-10)6-2-4-14-12-6/h1-4,7,11H,10H2. The molecular formula is C8H8ClN3OS. The minimum Gasteiger partial charge on any atom is -0.453 e. The summed E-state index contributed by atoms with van der Waals surface area (Å²) in [5.74, 6) is 5.44. The average Bonchev–Trinajstić information content (AvgIpc) is 2.80. The van der Waals surface area contributed by atoms with Gasteiger partial charge in [0.05, 0.1) is 18.0 Å². The lowest BCUT2D eigenvalue weighted by Gasteiger charge is -2.11. The van der Waals surface area contributed by atoms with Crippen LogP contribution in [0.5, 0.6) is 0 Å². The van der Waals surface area contributed by atoms with E-state index in [9.17, 15) is 0 Å². The van der Waals surface area contributed by atoms with Gasteiger partial charge in [0.1, 0.15) is 0 Å². The number of hydrogen-bond donors (Lipinski definition) is 2. The van der Waals surface area contributed by atoms with Crippen molar-refractivity contribution in [1.29, 1.82) is 0 Å². The maximum absolute atomic E-state index is 5.84. The normalized spacial score (nSPS) is 13.0. The van der Waals surface area contributed by atoms with Crippen LogP contribution in [0, 0.1) is 0 Å². The molecule has 0 spiro atoms. The highest BCUT2D eigenvalue weighted by molar-refractivity contribution is 7.03. The Labute approximate surface area is 89.8 Å². The molecule has 0 aliphatic carbocycles. The molecule has 3 N–H and O–H groups in total. The fourth-order valence-electron chi connectivity index (χ4n) is 1.22. The van der Waals surface area contributed by atoms with Crippen LogP contribution in [-0.4, -0.2) is 4.37 Å². The number of nitrogens with two attached hydrogens (primary N) is 1. The first-order valence-electron chi connectivity index (χ1n) is 3.92. The van der Waals surface area contributed by atoms with E-state index in [4.69, 9.17) is 21.9 Å². The molecule has 1 atom stereocenters. The van der Waals surface area contributed by atoms with E-state index in [0.717, 1.165) is 11.3 Å². The molecule has 0 bridgehead atoms. The van der Waals surface area contributed by atoms with Crippen molar-refractivity contribution in [3.8, 4) is 0 Å². The highest BCUT2D eigenvalue weighted by Crippen LogP contribution is 2.28. The van der Waals surface area contributed by atoms with Crippen LogP contribution < -0.4 is 11.3 Å². The zero-order valence-corrected chi connectivity index (χ0v) is 8.68. The first-order valence-corrected chi connectivity index (χ1v) is 5.13. The zero-order chi connectivity index (χ0) is 9.97. The van der Waals surface area contributed by atoms with Crippen molar-refractivity contribution in [2.45, 2.75) is 6.04 Å². The fraction of sp³-hybridized carbons (Fsp3) is 0.125. The molecule has 0 fully saturated rings. The second-order valence-electron chi connectivity index (χ2n) is 2.67. The van der Waals surface area contributed by atoms with Crippen molar-refractivity contribution in [3.05, 3.63) is 40.3 Å². The molecule has 2 aromatic rings. The van der Waals surface area contributed by atoms with Gasteiger partial charge in [-0.3, -0.25) is 5.84 Å². The van der Waals surface area contributed by atoms with Crippen LogP contribution in [0.1, 0.15) is 17.3 Å². The third-order valence-electron chi connectivity index (χ3n) is 1.88. The third-order valence-corrected chi connectivity index (χ3v) is 2.76. The van der Waals surface area contributed by atoms with Crippen LogP contribution in [0.15, 0.2) is 28.2 Å². The summed E-state index contributed by atoms with van der Waals surface area (Å²) in [5, 5.41) is 2.22. The SMILES string of the molecule is NNC(c1ccsn1)c1ccoc1Cl. The molecular weight excluding hydrogens is 222 g/mol. The molecule has 4 nitrogen and oxygen atoms in total. The molecule has 0 saturated heterocycles. The van der Waals surface area contributed by atoms with E-state index in [1.54, 1.807) is 6.07 Å². The quantitative estimate of drug-likeness (QED) is 0.624. The van der Waals surface area contributed by atoms with Gasteiger partial charge in [-0.05, 0) is 35.3 Å². The number of halogens is 1. The minimum atomic E-state index is -0.215. The van der Waals surface area contributed by atoms with Gasteiger partial charge in [0.25, 0.3) is 0 Å². The number of nitrogens with one attached hydrogen (secondary N) is 1. The molecule has 0 aliphatic rings. The lowest BCUT2D eigenvalue weighted by molar-refractivity contribution is 0.554. The molecule has 1 unspecified atom stereocenters. The molecule has 0 radical (unpaired) electrons. The highest BCUT2D eigenvalue weighted by atomic mass is 35.5. The second-order valence-corrected chi connectivity index (χ2v) is 3.68. The second kappa shape index (κ2) is 4.10. The Morgan fingerprint density at radius 3 is 2.93 bits per heavy atom. The molecule has 2 rings (SSSR count). The van der Waals surface area contributed by atoms with Crippen LogP contribution in [-0.2, 0) is 0 Å². The number of rotatable bonds is 3. The Hall–Kier alpha value is -0.880. The molecule has 0 saturated carbocycles. The Kier molecular flexibility index (Phi) is 2.83. The molecule has 6 heteroatoms. The Morgan fingerprint density at radius 2 is 2.43 bits per heavy atom. The van der Waals surface area contributed by atoms with Gasteiger partial charge in [-0.2, -0.15) is 4.37 Å². The number of furan rings is 1. The minimum absolute atomic E-state index is 0.215. The van der Waals surface area contributed by atoms with Crippen molar-refractivity contribution in [2.75, 3.05) is 0 Å². The summed E-state index contributed by atoms with van der Waals surface area (Å²) in [5.41, 5.74) is 4.27. The number of hydrogen-bond acceptors (Lipinski definition) is 5. The van der Waals surface area contributed by atoms with Crippen molar-refractivity contribution in [1.82, 2.24) is 9.80 Å². The number of nitrogens with zero attached hydrogens (tertiary/aromatic N) is 1. The number of hydrazine groups is 1. The van der Waals surface area contributed by atoms with Crippen LogP contribution in [0.3, 0.4) is 0 Å². The molecule has 74 valence electrons. The van der Waals surface area contributed by atoms with Gasteiger partial charge in [0, 0.05) is 10.9 Å². The van der Waals surface area contributed by atoms with E-state index in [2.05, 4.69) is 9.80 Å². The summed E-state index contributed by atoms with van der Waals surface area (Å²) >= 11 is 7.21. The van der Waals surface area contributed by atoms with Crippen LogP contribution in [0.2, 0.25) is 5.22 Å². The van der Waals surface area contributed by atoms with E-state index in [-0.39, 0.29) is 6.04 Å². The van der Waals surface area contributed by atoms with Gasteiger partial charge in [-0.1, -0.05) is 0 Å². The third kappa shape index (κ3) is 1.67. The van der Waals surface area contributed by atoms with E-state index >= 15 is 0 Å².